The molecule has 1 aliphatic rings. The lowest BCUT2D eigenvalue weighted by molar-refractivity contribution is -0.110. The zero-order chi connectivity index (χ0) is 23.9. The number of carbonyl (C=O) groups excluding carboxylic acids is 1. The minimum Gasteiger partial charge on any atom is -0.504 e. The molecule has 1 aliphatic heterocycles. The van der Waals surface area contributed by atoms with Gasteiger partial charge in [0.2, 0.25) is 0 Å². The number of aromatic amines is 1. The highest BCUT2D eigenvalue weighted by molar-refractivity contribution is 6.35. The van der Waals surface area contributed by atoms with Crippen molar-refractivity contribution in [1.29, 1.82) is 0 Å². The third-order valence-corrected chi connectivity index (χ3v) is 6.05. The number of H-pyrrole nitrogens is 1. The van der Waals surface area contributed by atoms with E-state index in [1.807, 2.05) is 30.3 Å². The number of fused-ring (bicyclic) bond motifs is 1. The quantitative estimate of drug-likeness (QED) is 0.445. The second-order valence-electron chi connectivity index (χ2n) is 9.11. The summed E-state index contributed by atoms with van der Waals surface area (Å²) in [6.07, 6.45) is 1.98. The van der Waals surface area contributed by atoms with E-state index in [-0.39, 0.29) is 11.7 Å². The molecule has 6 heteroatoms. The van der Waals surface area contributed by atoms with Crippen LogP contribution in [0.5, 0.6) is 11.5 Å². The predicted octanol–water partition coefficient (Wildman–Crippen LogP) is 5.38. The number of hydrogen-bond acceptors (Lipinski definition) is 4. The molecule has 0 fully saturated rings. The molecular formula is C27H31N3O3. The topological polar surface area (TPSA) is 77.6 Å². The highest BCUT2D eigenvalue weighted by Gasteiger charge is 2.26. The van der Waals surface area contributed by atoms with Crippen LogP contribution in [0.4, 0.5) is 5.69 Å². The number of carbonyl (C=O) groups is 1. The van der Waals surface area contributed by atoms with Gasteiger partial charge in [-0.3, -0.25) is 4.79 Å². The normalized spacial score (nSPS) is 14.3. The minimum atomic E-state index is -0.110. The van der Waals surface area contributed by atoms with E-state index in [0.717, 1.165) is 40.3 Å². The van der Waals surface area contributed by atoms with Gasteiger partial charge in [0.25, 0.3) is 5.91 Å². The van der Waals surface area contributed by atoms with Crippen molar-refractivity contribution in [3.8, 4) is 22.6 Å². The highest BCUT2D eigenvalue weighted by Crippen LogP contribution is 2.39. The molecule has 0 atom stereocenters. The first kappa shape index (κ1) is 22.7. The number of rotatable bonds is 6. The molecule has 1 amide bonds. The molecule has 0 saturated carbocycles. The molecule has 172 valence electrons. The van der Waals surface area contributed by atoms with Crippen LogP contribution in [0.2, 0.25) is 0 Å². The van der Waals surface area contributed by atoms with E-state index >= 15 is 0 Å². The van der Waals surface area contributed by atoms with E-state index in [1.165, 1.54) is 18.2 Å². The molecule has 0 radical (unpaired) electrons. The molecule has 33 heavy (non-hydrogen) atoms. The summed E-state index contributed by atoms with van der Waals surface area (Å²) < 4.78 is 5.23. The van der Waals surface area contributed by atoms with Gasteiger partial charge in [-0.15, -0.1) is 0 Å². The maximum Gasteiger partial charge on any atom is 0.256 e. The van der Waals surface area contributed by atoms with E-state index in [9.17, 15) is 9.90 Å². The number of aryl methyl sites for hydroxylation is 1. The Morgan fingerprint density at radius 3 is 2.48 bits per heavy atom. The third kappa shape index (κ3) is 4.26. The SMILES string of the molecule is COc1cc(-c2ccc3c(c2)NC(=O)C3=Cc2[nH]c(C)c(CN(C)C)c2C(C)C)ccc1O. The molecule has 2 aromatic carbocycles. The number of anilines is 1. The maximum atomic E-state index is 12.9. The number of aromatic hydroxyl groups is 1. The lowest BCUT2D eigenvalue weighted by Gasteiger charge is -2.14. The fraction of sp³-hybridized carbons (Fsp3) is 0.296. The zero-order valence-corrected chi connectivity index (χ0v) is 20.0. The van der Waals surface area contributed by atoms with E-state index in [0.29, 0.717) is 17.2 Å². The number of amides is 1. The van der Waals surface area contributed by atoms with E-state index < -0.39 is 0 Å². The molecule has 3 N–H and O–H groups in total. The van der Waals surface area contributed by atoms with Crippen molar-refractivity contribution < 1.29 is 14.6 Å². The van der Waals surface area contributed by atoms with Crippen molar-refractivity contribution >= 4 is 23.2 Å². The van der Waals surface area contributed by atoms with Crippen LogP contribution in [0, 0.1) is 6.92 Å². The molecule has 6 nitrogen and oxygen atoms in total. The summed E-state index contributed by atoms with van der Waals surface area (Å²) in [7, 11) is 5.66. The van der Waals surface area contributed by atoms with Gasteiger partial charge in [0, 0.05) is 29.2 Å². The molecule has 3 aromatic rings. The second kappa shape index (κ2) is 8.79. The van der Waals surface area contributed by atoms with Gasteiger partial charge in [0.05, 0.1) is 12.7 Å². The van der Waals surface area contributed by atoms with E-state index in [4.69, 9.17) is 4.74 Å². The number of methoxy groups -OCH3 is 1. The Labute approximate surface area is 194 Å². The van der Waals surface area contributed by atoms with Gasteiger partial charge >= 0.3 is 0 Å². The molecule has 2 heterocycles. The Hall–Kier alpha value is -3.51. The fourth-order valence-electron chi connectivity index (χ4n) is 4.52. The van der Waals surface area contributed by atoms with Crippen molar-refractivity contribution in [2.45, 2.75) is 33.2 Å². The molecule has 0 bridgehead atoms. The summed E-state index contributed by atoms with van der Waals surface area (Å²) in [5.74, 6) is 0.723. The fourth-order valence-corrected chi connectivity index (χ4v) is 4.52. The number of benzene rings is 2. The third-order valence-electron chi connectivity index (χ3n) is 6.05. The van der Waals surface area contributed by atoms with Gasteiger partial charge in [-0.25, -0.2) is 0 Å². The van der Waals surface area contributed by atoms with Gasteiger partial charge in [0.15, 0.2) is 11.5 Å². The molecule has 0 aliphatic carbocycles. The average molecular weight is 446 g/mol. The van der Waals surface area contributed by atoms with Gasteiger partial charge in [0.1, 0.15) is 0 Å². The van der Waals surface area contributed by atoms with Crippen LogP contribution < -0.4 is 10.1 Å². The zero-order valence-electron chi connectivity index (χ0n) is 20.0. The van der Waals surface area contributed by atoms with Gasteiger partial charge < -0.3 is 25.0 Å². The molecule has 4 rings (SSSR count). The molecule has 0 unspecified atom stereocenters. The standard InChI is InChI=1S/C27H31N3O3/c1-15(2)26-21(14-30(4)5)16(3)28-23(26)13-20-19-9-7-17(11-22(19)29-27(20)32)18-8-10-24(31)25(12-18)33-6/h7-13,15,28,31H,14H2,1-6H3,(H,29,32). The summed E-state index contributed by atoms with van der Waals surface area (Å²) in [4.78, 5) is 18.6. The first-order valence-corrected chi connectivity index (χ1v) is 11.1. The minimum absolute atomic E-state index is 0.0942. The number of phenols is 1. The maximum absolute atomic E-state index is 12.9. The number of nitrogens with zero attached hydrogens (tertiary/aromatic N) is 1. The number of aromatic nitrogens is 1. The first-order valence-electron chi connectivity index (χ1n) is 11.1. The molecule has 0 saturated heterocycles. The second-order valence-corrected chi connectivity index (χ2v) is 9.11. The molecule has 0 spiro atoms. The molecule has 1 aromatic heterocycles. The van der Waals surface area contributed by atoms with Gasteiger partial charge in [-0.05, 0) is 73.5 Å². The first-order chi connectivity index (χ1) is 15.7. The van der Waals surface area contributed by atoms with Crippen LogP contribution in [-0.4, -0.2) is 42.1 Å². The Morgan fingerprint density at radius 1 is 1.12 bits per heavy atom. The number of phenolic OH excluding ortho intramolecular Hbond substituents is 1. The lowest BCUT2D eigenvalue weighted by atomic mass is 9.95. The van der Waals surface area contributed by atoms with Crippen molar-refractivity contribution in [2.75, 3.05) is 26.5 Å². The van der Waals surface area contributed by atoms with Gasteiger partial charge in [-0.2, -0.15) is 0 Å². The lowest BCUT2D eigenvalue weighted by Crippen LogP contribution is -2.12. The monoisotopic (exact) mass is 445 g/mol. The van der Waals surface area contributed by atoms with Crippen LogP contribution in [0.25, 0.3) is 22.8 Å². The summed E-state index contributed by atoms with van der Waals surface area (Å²) in [5, 5.41) is 12.9. The smallest absolute Gasteiger partial charge is 0.256 e. The molecular weight excluding hydrogens is 414 g/mol. The number of nitrogens with one attached hydrogen (secondary N) is 2. The Bertz CT molecular complexity index is 1250. The van der Waals surface area contributed by atoms with Crippen LogP contribution in [0.15, 0.2) is 36.4 Å². The van der Waals surface area contributed by atoms with Crippen LogP contribution >= 0.6 is 0 Å². The average Bonchev–Trinajstić information content (AvgIpc) is 3.23. The summed E-state index contributed by atoms with van der Waals surface area (Å²) in [5.41, 5.74) is 8.80. The van der Waals surface area contributed by atoms with Crippen LogP contribution in [0.3, 0.4) is 0 Å². The summed E-state index contributed by atoms with van der Waals surface area (Å²) in [6.45, 7) is 7.31. The van der Waals surface area contributed by atoms with Crippen LogP contribution in [-0.2, 0) is 11.3 Å². The van der Waals surface area contributed by atoms with Crippen LogP contribution in [0.1, 0.15) is 47.8 Å². The van der Waals surface area contributed by atoms with Crippen molar-refractivity contribution in [2.24, 2.45) is 0 Å². The highest BCUT2D eigenvalue weighted by atomic mass is 16.5. The van der Waals surface area contributed by atoms with Crippen molar-refractivity contribution in [3.63, 3.8) is 0 Å². The largest absolute Gasteiger partial charge is 0.504 e. The van der Waals surface area contributed by atoms with E-state index in [2.05, 4.69) is 50.1 Å². The summed E-state index contributed by atoms with van der Waals surface area (Å²) in [6, 6.07) is 11.1. The Morgan fingerprint density at radius 2 is 1.82 bits per heavy atom. The Balaban J connectivity index is 1.76. The van der Waals surface area contributed by atoms with Gasteiger partial charge in [-0.1, -0.05) is 32.0 Å². The van der Waals surface area contributed by atoms with Crippen molar-refractivity contribution in [3.05, 3.63) is 64.5 Å². The summed E-state index contributed by atoms with van der Waals surface area (Å²) >= 11 is 0. The number of hydrogen-bond donors (Lipinski definition) is 3. The number of ether oxygens (including phenoxy) is 1. The predicted molar refractivity (Wildman–Crippen MR) is 134 cm³/mol. The van der Waals surface area contributed by atoms with Crippen molar-refractivity contribution in [1.82, 2.24) is 9.88 Å². The Kier molecular flexibility index (Phi) is 6.04. The van der Waals surface area contributed by atoms with E-state index in [1.54, 1.807) is 12.1 Å².